The minimum atomic E-state index is 0.630. The van der Waals surface area contributed by atoms with Crippen LogP contribution in [0.3, 0.4) is 0 Å². The van der Waals surface area contributed by atoms with Gasteiger partial charge in [0.1, 0.15) is 0 Å². The van der Waals surface area contributed by atoms with Crippen molar-refractivity contribution in [2.45, 2.75) is 24.8 Å². The van der Waals surface area contributed by atoms with Crippen molar-refractivity contribution in [2.75, 3.05) is 5.32 Å². The summed E-state index contributed by atoms with van der Waals surface area (Å²) in [6, 6.07) is 2.89. The topological polar surface area (TPSA) is 12.0 Å². The van der Waals surface area contributed by atoms with Crippen LogP contribution in [0.1, 0.15) is 24.3 Å². The second-order valence-electron chi connectivity index (χ2n) is 3.87. The summed E-state index contributed by atoms with van der Waals surface area (Å²) < 4.78 is 0. The molecule has 2 heteroatoms. The van der Waals surface area contributed by atoms with Gasteiger partial charge in [0.15, 0.2) is 0 Å². The monoisotopic (exact) mass is 169 g/mol. The zero-order chi connectivity index (χ0) is 8.67. The SMILES string of the molecule is b1ccc2c(c1)NC1CCC=CC21. The van der Waals surface area contributed by atoms with Crippen LogP contribution in [0.4, 0.5) is 5.69 Å². The Bertz CT molecular complexity index is 359. The molecule has 0 radical (unpaired) electrons. The van der Waals surface area contributed by atoms with Gasteiger partial charge in [-0.15, -0.1) is 0 Å². The third-order valence-electron chi connectivity index (χ3n) is 3.08. The van der Waals surface area contributed by atoms with Crippen molar-refractivity contribution < 1.29 is 0 Å². The quantitative estimate of drug-likeness (QED) is 0.587. The molecule has 2 heterocycles. The number of hydrogen-bond acceptors (Lipinski definition) is 1. The van der Waals surface area contributed by atoms with E-state index in [1.807, 2.05) is 0 Å². The Morgan fingerprint density at radius 2 is 2.46 bits per heavy atom. The van der Waals surface area contributed by atoms with Gasteiger partial charge in [0.2, 0.25) is 0 Å². The molecule has 0 saturated heterocycles. The van der Waals surface area contributed by atoms with Crippen molar-refractivity contribution in [3.8, 4) is 0 Å². The molecular formula is C11H12BN. The summed E-state index contributed by atoms with van der Waals surface area (Å²) in [5.74, 6) is 4.94. The standard InChI is InChI=1S/C11H12BN/c1-2-4-10-8(3-1)9-5-6-12-7-11(9)13-10/h1,3,5-8,10,13H,2,4H2. The Hall–Kier alpha value is -1.05. The van der Waals surface area contributed by atoms with Gasteiger partial charge in [0.05, 0.1) is 0 Å². The van der Waals surface area contributed by atoms with Crippen LogP contribution in [0, 0.1) is 0 Å². The number of allylic oxidation sites excluding steroid dienone is 1. The van der Waals surface area contributed by atoms with Crippen molar-refractivity contribution in [3.63, 3.8) is 0 Å². The van der Waals surface area contributed by atoms with Gasteiger partial charge in [-0.05, 0) is 0 Å². The zero-order valence-electron chi connectivity index (χ0n) is 7.53. The average molecular weight is 169 g/mol. The summed E-state index contributed by atoms with van der Waals surface area (Å²) in [6.07, 6.45) is 7.16. The number of rotatable bonds is 0. The first-order valence-corrected chi connectivity index (χ1v) is 4.97. The summed E-state index contributed by atoms with van der Waals surface area (Å²) in [5, 5.41) is 3.59. The van der Waals surface area contributed by atoms with Gasteiger partial charge in [0, 0.05) is 0 Å². The maximum atomic E-state index is 3.59. The van der Waals surface area contributed by atoms with E-state index in [4.69, 9.17) is 0 Å². The van der Waals surface area contributed by atoms with Crippen molar-refractivity contribution in [2.24, 2.45) is 0 Å². The van der Waals surface area contributed by atoms with Crippen LogP contribution in [0.5, 0.6) is 0 Å². The second-order valence-corrected chi connectivity index (χ2v) is 3.87. The number of hydrogen-bond donors (Lipinski definition) is 1. The molecule has 2 atom stereocenters. The summed E-state index contributed by atoms with van der Waals surface area (Å²) >= 11 is 0. The molecule has 0 saturated carbocycles. The van der Waals surface area contributed by atoms with Crippen molar-refractivity contribution in [1.82, 2.24) is 0 Å². The summed E-state index contributed by atoms with van der Waals surface area (Å²) in [4.78, 5) is 0. The fraction of sp³-hybridized carbons (Fsp3) is 0.364. The van der Waals surface area contributed by atoms with Crippen LogP contribution in [0.2, 0.25) is 0 Å². The Labute approximate surface area is 79.1 Å². The Morgan fingerprint density at radius 1 is 1.46 bits per heavy atom. The third kappa shape index (κ3) is 1.05. The van der Waals surface area contributed by atoms with Crippen LogP contribution in [0.15, 0.2) is 30.1 Å². The molecule has 1 aliphatic heterocycles. The van der Waals surface area contributed by atoms with Gasteiger partial charge in [-0.25, -0.2) is 0 Å². The molecule has 0 amide bonds. The molecular weight excluding hydrogens is 157 g/mol. The first kappa shape index (κ1) is 7.37. The van der Waals surface area contributed by atoms with Crippen LogP contribution in [-0.2, 0) is 0 Å². The molecule has 1 aliphatic carbocycles. The van der Waals surface area contributed by atoms with Gasteiger partial charge < -0.3 is 0 Å². The van der Waals surface area contributed by atoms with E-state index in [0.29, 0.717) is 12.0 Å². The first-order valence-electron chi connectivity index (χ1n) is 4.97. The molecule has 0 bridgehead atoms. The van der Waals surface area contributed by atoms with E-state index >= 15 is 0 Å². The summed E-state index contributed by atoms with van der Waals surface area (Å²) in [7, 11) is 0. The molecule has 0 aromatic carbocycles. The number of nitrogens with one attached hydrogen (secondary N) is 1. The van der Waals surface area contributed by atoms with E-state index in [0.717, 1.165) is 0 Å². The van der Waals surface area contributed by atoms with E-state index in [9.17, 15) is 0 Å². The van der Waals surface area contributed by atoms with E-state index in [1.165, 1.54) is 24.1 Å². The summed E-state index contributed by atoms with van der Waals surface area (Å²) in [5.41, 5.74) is 2.81. The Morgan fingerprint density at radius 3 is 3.46 bits per heavy atom. The minimum absolute atomic E-state index is 0.630. The van der Waals surface area contributed by atoms with E-state index in [-0.39, 0.29) is 0 Å². The van der Waals surface area contributed by atoms with Crippen LogP contribution >= 0.6 is 0 Å². The van der Waals surface area contributed by atoms with E-state index in [1.54, 1.807) is 0 Å². The molecule has 1 N–H and O–H groups in total. The second kappa shape index (κ2) is 2.73. The van der Waals surface area contributed by atoms with Gasteiger partial charge in [0.25, 0.3) is 0 Å². The van der Waals surface area contributed by atoms with Crippen LogP contribution in [-0.4, -0.2) is 13.0 Å². The van der Waals surface area contributed by atoms with Crippen LogP contribution in [0.25, 0.3) is 0 Å². The Kier molecular flexibility index (Phi) is 1.55. The van der Waals surface area contributed by atoms with Gasteiger partial charge in [-0.1, -0.05) is 0 Å². The number of fused-ring (bicyclic) bond motifs is 3. The molecule has 13 heavy (non-hydrogen) atoms. The van der Waals surface area contributed by atoms with Crippen molar-refractivity contribution >= 4 is 12.6 Å². The molecule has 0 fully saturated rings. The summed E-state index contributed by atoms with van der Waals surface area (Å²) in [6.45, 7) is 2.10. The van der Waals surface area contributed by atoms with Crippen LogP contribution < -0.4 is 5.32 Å². The molecule has 1 nitrogen and oxygen atoms in total. The third-order valence-corrected chi connectivity index (χ3v) is 3.08. The van der Waals surface area contributed by atoms with E-state index in [2.05, 4.69) is 42.4 Å². The molecule has 1 aromatic rings. The predicted molar refractivity (Wildman–Crippen MR) is 56.3 cm³/mol. The molecule has 2 unspecified atom stereocenters. The normalized spacial score (nSPS) is 28.9. The number of anilines is 1. The molecule has 2 aliphatic rings. The van der Waals surface area contributed by atoms with Crippen molar-refractivity contribution in [1.29, 1.82) is 0 Å². The molecule has 3 rings (SSSR count). The fourth-order valence-electron chi connectivity index (χ4n) is 2.43. The van der Waals surface area contributed by atoms with Crippen molar-refractivity contribution in [3.05, 3.63) is 35.7 Å². The molecule has 1 aromatic heterocycles. The molecule has 64 valence electrons. The van der Waals surface area contributed by atoms with Gasteiger partial charge >= 0.3 is 78.4 Å². The molecule has 0 spiro atoms. The first-order chi connectivity index (χ1) is 6.45. The Balaban J connectivity index is 2.09. The zero-order valence-corrected chi connectivity index (χ0v) is 7.53. The predicted octanol–water partition coefficient (Wildman–Crippen LogP) is 2.25. The average Bonchev–Trinajstić information content (AvgIpc) is 2.56. The van der Waals surface area contributed by atoms with E-state index < -0.39 is 0 Å². The fourth-order valence-corrected chi connectivity index (χ4v) is 2.43. The maximum absolute atomic E-state index is 3.59. The van der Waals surface area contributed by atoms with Gasteiger partial charge in [-0.3, -0.25) is 0 Å². The van der Waals surface area contributed by atoms with Gasteiger partial charge in [-0.2, -0.15) is 0 Å².